The minimum absolute atomic E-state index is 0.681. The van der Waals surface area contributed by atoms with Crippen LogP contribution in [-0.2, 0) is 0 Å². The highest BCUT2D eigenvalue weighted by molar-refractivity contribution is 7.99. The molecular weight excluding hydrogens is 262 g/mol. The number of thioether (sulfide) groups is 1. The largest absolute Gasteiger partial charge is 0.310 e. The predicted octanol–water partition coefficient (Wildman–Crippen LogP) is 4.47. The van der Waals surface area contributed by atoms with Gasteiger partial charge in [0.05, 0.1) is 0 Å². The number of hydrogen-bond donors (Lipinski definition) is 1. The van der Waals surface area contributed by atoms with Crippen LogP contribution in [0.1, 0.15) is 64.7 Å². The molecule has 5 aliphatic carbocycles. The molecule has 1 N–H and O–H groups in total. The van der Waals surface area contributed by atoms with Gasteiger partial charge in [0.2, 0.25) is 0 Å². The van der Waals surface area contributed by atoms with E-state index in [2.05, 4.69) is 30.3 Å². The van der Waals surface area contributed by atoms with Crippen LogP contribution < -0.4 is 5.32 Å². The molecule has 4 bridgehead atoms. The standard InChI is InChI=1S/C18H31NS/c1-12(19-16-4-3-5-17(16)20-2)18-9-13-6-14(10-18)8-15(7-13)11-18/h12-17,19H,3-11H2,1-2H3. The van der Waals surface area contributed by atoms with E-state index in [9.17, 15) is 0 Å². The molecule has 5 rings (SSSR count). The average Bonchev–Trinajstić information content (AvgIpc) is 2.84. The van der Waals surface area contributed by atoms with Gasteiger partial charge in [-0.25, -0.2) is 0 Å². The lowest BCUT2D eigenvalue weighted by Gasteiger charge is -2.59. The van der Waals surface area contributed by atoms with Crippen molar-refractivity contribution < 1.29 is 0 Å². The summed E-state index contributed by atoms with van der Waals surface area (Å²) in [6, 6.07) is 1.56. The lowest BCUT2D eigenvalue weighted by molar-refractivity contribution is -0.0719. The third-order valence-electron chi connectivity index (χ3n) is 7.22. The Hall–Kier alpha value is 0.310. The Morgan fingerprint density at radius 3 is 2.15 bits per heavy atom. The Morgan fingerprint density at radius 1 is 1.00 bits per heavy atom. The molecule has 0 aromatic carbocycles. The predicted molar refractivity (Wildman–Crippen MR) is 88.1 cm³/mol. The van der Waals surface area contributed by atoms with Crippen molar-refractivity contribution in [2.24, 2.45) is 23.2 Å². The fourth-order valence-electron chi connectivity index (χ4n) is 6.60. The Labute approximate surface area is 129 Å². The second-order valence-corrected chi connectivity index (χ2v) is 9.56. The first-order valence-electron chi connectivity index (χ1n) is 8.97. The van der Waals surface area contributed by atoms with Crippen LogP contribution in [-0.4, -0.2) is 23.6 Å². The van der Waals surface area contributed by atoms with E-state index in [0.29, 0.717) is 5.41 Å². The van der Waals surface area contributed by atoms with Gasteiger partial charge in [0.15, 0.2) is 0 Å². The van der Waals surface area contributed by atoms with Crippen molar-refractivity contribution in [3.05, 3.63) is 0 Å². The summed E-state index contributed by atoms with van der Waals surface area (Å²) in [5, 5.41) is 5.00. The molecule has 114 valence electrons. The molecule has 20 heavy (non-hydrogen) atoms. The molecule has 0 amide bonds. The molecule has 0 aromatic rings. The van der Waals surface area contributed by atoms with Crippen molar-refractivity contribution in [2.45, 2.75) is 82.0 Å². The zero-order valence-corrected chi connectivity index (χ0v) is 14.1. The van der Waals surface area contributed by atoms with Gasteiger partial charge < -0.3 is 5.32 Å². The summed E-state index contributed by atoms with van der Waals surface area (Å²) < 4.78 is 0. The summed E-state index contributed by atoms with van der Waals surface area (Å²) in [6.07, 6.45) is 16.0. The Balaban J connectivity index is 1.46. The highest BCUT2D eigenvalue weighted by atomic mass is 32.2. The van der Waals surface area contributed by atoms with Crippen LogP contribution in [0.2, 0.25) is 0 Å². The van der Waals surface area contributed by atoms with E-state index in [1.165, 1.54) is 19.3 Å². The molecule has 0 aliphatic heterocycles. The number of nitrogens with one attached hydrogen (secondary N) is 1. The average molecular weight is 294 g/mol. The topological polar surface area (TPSA) is 12.0 Å². The van der Waals surface area contributed by atoms with Gasteiger partial charge >= 0.3 is 0 Å². The van der Waals surface area contributed by atoms with Crippen molar-refractivity contribution in [1.29, 1.82) is 0 Å². The van der Waals surface area contributed by atoms with E-state index in [1.807, 2.05) is 0 Å². The number of hydrogen-bond acceptors (Lipinski definition) is 2. The first-order valence-corrected chi connectivity index (χ1v) is 10.3. The monoisotopic (exact) mass is 293 g/mol. The first-order chi connectivity index (χ1) is 9.68. The first kappa shape index (κ1) is 13.9. The normalized spacial score (nSPS) is 51.6. The van der Waals surface area contributed by atoms with Crippen LogP contribution in [0.25, 0.3) is 0 Å². The molecule has 5 saturated carbocycles. The third-order valence-corrected chi connectivity index (χ3v) is 8.39. The summed E-state index contributed by atoms with van der Waals surface area (Å²) >= 11 is 2.10. The lowest BCUT2D eigenvalue weighted by Crippen LogP contribution is -2.57. The van der Waals surface area contributed by atoms with Gasteiger partial charge in [-0.05, 0) is 87.7 Å². The lowest BCUT2D eigenvalue weighted by atomic mass is 9.48. The molecule has 1 nitrogen and oxygen atoms in total. The van der Waals surface area contributed by atoms with Crippen LogP contribution in [0.3, 0.4) is 0 Å². The molecule has 0 spiro atoms. The molecule has 5 aliphatic rings. The molecule has 0 heterocycles. The molecule has 3 unspecified atom stereocenters. The maximum absolute atomic E-state index is 4.12. The number of rotatable bonds is 4. The van der Waals surface area contributed by atoms with E-state index >= 15 is 0 Å². The highest BCUT2D eigenvalue weighted by Gasteiger charge is 2.53. The highest BCUT2D eigenvalue weighted by Crippen LogP contribution is 2.61. The maximum Gasteiger partial charge on any atom is 0.0198 e. The van der Waals surface area contributed by atoms with Crippen molar-refractivity contribution in [2.75, 3.05) is 6.26 Å². The molecule has 0 aromatic heterocycles. The summed E-state index contributed by atoms with van der Waals surface area (Å²) in [7, 11) is 0. The van der Waals surface area contributed by atoms with Gasteiger partial charge in [-0.2, -0.15) is 11.8 Å². The Kier molecular flexibility index (Phi) is 3.62. The van der Waals surface area contributed by atoms with Crippen LogP contribution in [0.15, 0.2) is 0 Å². The summed E-state index contributed by atoms with van der Waals surface area (Å²) in [5.74, 6) is 3.27. The van der Waals surface area contributed by atoms with E-state index < -0.39 is 0 Å². The fourth-order valence-corrected chi connectivity index (χ4v) is 7.55. The van der Waals surface area contributed by atoms with Crippen LogP contribution >= 0.6 is 11.8 Å². The minimum atomic E-state index is 0.681. The fraction of sp³-hybridized carbons (Fsp3) is 1.00. The van der Waals surface area contributed by atoms with Crippen LogP contribution in [0.4, 0.5) is 0 Å². The second kappa shape index (κ2) is 5.19. The van der Waals surface area contributed by atoms with Crippen molar-refractivity contribution >= 4 is 11.8 Å². The second-order valence-electron chi connectivity index (χ2n) is 8.48. The minimum Gasteiger partial charge on any atom is -0.310 e. The maximum atomic E-state index is 4.12. The van der Waals surface area contributed by atoms with Gasteiger partial charge in [-0.1, -0.05) is 6.42 Å². The Morgan fingerprint density at radius 2 is 1.60 bits per heavy atom. The van der Waals surface area contributed by atoms with Crippen molar-refractivity contribution in [3.8, 4) is 0 Å². The van der Waals surface area contributed by atoms with Gasteiger partial charge in [0.1, 0.15) is 0 Å². The molecular formula is C18H31NS. The zero-order chi connectivity index (χ0) is 13.7. The smallest absolute Gasteiger partial charge is 0.0198 e. The van der Waals surface area contributed by atoms with Crippen molar-refractivity contribution in [3.63, 3.8) is 0 Å². The Bertz CT molecular complexity index is 331. The van der Waals surface area contributed by atoms with Crippen molar-refractivity contribution in [1.82, 2.24) is 5.32 Å². The van der Waals surface area contributed by atoms with E-state index in [1.54, 1.807) is 38.5 Å². The van der Waals surface area contributed by atoms with E-state index in [4.69, 9.17) is 0 Å². The summed E-state index contributed by atoms with van der Waals surface area (Å²) in [6.45, 7) is 2.53. The van der Waals surface area contributed by atoms with Crippen LogP contribution in [0.5, 0.6) is 0 Å². The molecule has 2 heteroatoms. The quantitative estimate of drug-likeness (QED) is 0.821. The molecule has 3 atom stereocenters. The third kappa shape index (κ3) is 2.26. The molecule has 0 radical (unpaired) electrons. The van der Waals surface area contributed by atoms with Crippen LogP contribution in [0, 0.1) is 23.2 Å². The summed E-state index contributed by atoms with van der Waals surface area (Å²) in [5.41, 5.74) is 0.681. The van der Waals surface area contributed by atoms with Gasteiger partial charge in [0.25, 0.3) is 0 Å². The summed E-state index contributed by atoms with van der Waals surface area (Å²) in [4.78, 5) is 0. The SMILES string of the molecule is CSC1CCCC1NC(C)C12CC3CC(CC(C3)C1)C2. The van der Waals surface area contributed by atoms with Gasteiger partial charge in [-0.15, -0.1) is 0 Å². The molecule has 0 saturated heterocycles. The van der Waals surface area contributed by atoms with E-state index in [-0.39, 0.29) is 0 Å². The molecule has 5 fully saturated rings. The van der Waals surface area contributed by atoms with Gasteiger partial charge in [0, 0.05) is 17.3 Å². The zero-order valence-electron chi connectivity index (χ0n) is 13.2. The van der Waals surface area contributed by atoms with Gasteiger partial charge in [-0.3, -0.25) is 0 Å². The van der Waals surface area contributed by atoms with E-state index in [0.717, 1.165) is 35.1 Å².